The predicted molar refractivity (Wildman–Crippen MR) is 151 cm³/mol. The fourth-order valence-corrected chi connectivity index (χ4v) is 3.57. The quantitative estimate of drug-likeness (QED) is 0.267. The van der Waals surface area contributed by atoms with E-state index in [1.54, 1.807) is 25.5 Å². The van der Waals surface area contributed by atoms with Crippen LogP contribution in [0.1, 0.15) is 111 Å². The highest BCUT2D eigenvalue weighted by atomic mass is 32.3. The Bertz CT molecular complexity index is 727. The van der Waals surface area contributed by atoms with Crippen LogP contribution in [0.4, 0.5) is 13.6 Å². The summed E-state index contributed by atoms with van der Waals surface area (Å²) in [5.41, 5.74) is 2.09. The molecule has 9 heteroatoms. The van der Waals surface area contributed by atoms with Gasteiger partial charge in [-0.15, -0.1) is 7.77 Å². The number of rotatable bonds is 6. The Morgan fingerprint density at radius 2 is 1.69 bits per heavy atom. The first-order valence-electron chi connectivity index (χ1n) is 12.6. The van der Waals surface area contributed by atoms with Crippen LogP contribution in [0, 0.1) is 18.3 Å². The van der Waals surface area contributed by atoms with E-state index in [9.17, 15) is 12.6 Å². The van der Waals surface area contributed by atoms with Crippen LogP contribution in [0.2, 0.25) is 0 Å². The monoisotopic (exact) mass is 534 g/mol. The molecule has 0 N–H and O–H groups in total. The standard InChI is InChI=1S/C16H24F2N4S2.C4H8O.C4H10.C2H6/c1-12-10-19-14(13-5-7-16(2,3)8-6-13)9-15(21(4)20-11-12)22(23-17)24-18;1-2-3-4-5;1-4(2)3;1-2/h9-11,13H,5-8H2,1-4H3;4H,2-3H2,1H3;4H,1-3H3;1-2H3. The van der Waals surface area contributed by atoms with Gasteiger partial charge in [-0.05, 0) is 55.9 Å². The summed E-state index contributed by atoms with van der Waals surface area (Å²) in [5.74, 6) is 1.44. The highest BCUT2D eigenvalue weighted by Crippen LogP contribution is 2.42. The van der Waals surface area contributed by atoms with Gasteiger partial charge in [-0.1, -0.05) is 55.4 Å². The van der Waals surface area contributed by atoms with Crippen molar-refractivity contribution in [2.75, 3.05) is 3.71 Å². The normalized spacial score (nSPS) is 14.2. The molecule has 204 valence electrons. The van der Waals surface area contributed by atoms with E-state index in [1.807, 2.05) is 27.7 Å². The lowest BCUT2D eigenvalue weighted by molar-refractivity contribution is -0.107. The van der Waals surface area contributed by atoms with Crippen LogP contribution in [-0.4, -0.2) is 21.1 Å². The van der Waals surface area contributed by atoms with Crippen molar-refractivity contribution in [3.05, 3.63) is 29.7 Å². The SMILES string of the molecule is CC.CC(C)C.CCCC=O.Cc1cnc(C2CCC(C)(C)CC2)cc(N(SF)SF)n(C)nc1. The summed E-state index contributed by atoms with van der Waals surface area (Å²) in [6.07, 6.45) is 10.3. The molecule has 0 saturated heterocycles. The summed E-state index contributed by atoms with van der Waals surface area (Å²) >= 11 is -0.365. The van der Waals surface area contributed by atoms with E-state index in [2.05, 4.69) is 44.7 Å². The lowest BCUT2D eigenvalue weighted by Gasteiger charge is -2.34. The van der Waals surface area contributed by atoms with Gasteiger partial charge in [0, 0.05) is 37.3 Å². The number of carbonyl (C=O) groups excluding carboxylic acids is 1. The maximum atomic E-state index is 13.1. The van der Waals surface area contributed by atoms with Crippen LogP contribution in [0.25, 0.3) is 0 Å². The van der Waals surface area contributed by atoms with E-state index in [0.717, 1.165) is 59.3 Å². The minimum absolute atomic E-state index is 0.182. The lowest BCUT2D eigenvalue weighted by Crippen LogP contribution is -2.20. The molecule has 0 spiro atoms. The number of halogens is 2. The number of aldehydes is 1. The summed E-state index contributed by atoms with van der Waals surface area (Å²) in [7, 11) is 1.67. The number of carbonyl (C=O) groups is 1. The molecule has 1 aliphatic carbocycles. The molecular weight excluding hydrogens is 486 g/mol. The molecule has 0 unspecified atom stereocenters. The number of anilines is 1. The van der Waals surface area contributed by atoms with Crippen LogP contribution in [0.15, 0.2) is 18.5 Å². The molecule has 1 saturated carbocycles. The smallest absolute Gasteiger partial charge is 0.179 e. The molecule has 0 amide bonds. The summed E-state index contributed by atoms with van der Waals surface area (Å²) in [6.45, 7) is 18.9. The molecule has 1 aromatic rings. The van der Waals surface area contributed by atoms with E-state index < -0.39 is 0 Å². The molecule has 35 heavy (non-hydrogen) atoms. The summed E-state index contributed by atoms with van der Waals surface area (Å²) < 4.78 is 28.5. The van der Waals surface area contributed by atoms with Crippen LogP contribution in [0.5, 0.6) is 0 Å². The maximum Gasteiger partial charge on any atom is 0.179 e. The first kappa shape index (κ1) is 35.8. The fourth-order valence-electron chi connectivity index (χ4n) is 3.00. The Morgan fingerprint density at radius 3 is 2.09 bits per heavy atom. The molecule has 5 nitrogen and oxygen atoms in total. The van der Waals surface area contributed by atoms with E-state index in [4.69, 9.17) is 0 Å². The zero-order valence-electron chi connectivity index (χ0n) is 23.5. The van der Waals surface area contributed by atoms with Crippen molar-refractivity contribution in [3.8, 4) is 0 Å². The molecule has 2 rings (SSSR count). The average Bonchev–Trinajstić information content (AvgIpc) is 2.88. The van der Waals surface area contributed by atoms with Crippen molar-refractivity contribution in [2.24, 2.45) is 18.4 Å². The van der Waals surface area contributed by atoms with Crippen molar-refractivity contribution in [1.29, 1.82) is 0 Å². The lowest BCUT2D eigenvalue weighted by atomic mass is 9.72. The minimum atomic E-state index is -0.182. The molecule has 1 aromatic heterocycles. The summed E-state index contributed by atoms with van der Waals surface area (Å²) in [4.78, 5) is 14.0. The molecule has 0 bridgehead atoms. The fraction of sp³-hybridized carbons (Fsp3) is 0.731. The van der Waals surface area contributed by atoms with Gasteiger partial charge < -0.3 is 4.79 Å². The molecule has 1 heterocycles. The van der Waals surface area contributed by atoms with E-state index in [-0.39, 0.29) is 24.7 Å². The Hall–Kier alpha value is -1.35. The van der Waals surface area contributed by atoms with Gasteiger partial charge in [0.25, 0.3) is 0 Å². The third kappa shape index (κ3) is 16.9. The van der Waals surface area contributed by atoms with Crippen molar-refractivity contribution in [3.63, 3.8) is 0 Å². The first-order valence-corrected chi connectivity index (χ1v) is 13.9. The molecule has 1 aliphatic rings. The second-order valence-corrected chi connectivity index (χ2v) is 11.0. The maximum absolute atomic E-state index is 13.1. The van der Waals surface area contributed by atoms with Gasteiger partial charge >= 0.3 is 0 Å². The summed E-state index contributed by atoms with van der Waals surface area (Å²) in [6, 6.07) is 1.74. The number of aromatic nitrogens is 3. The molecule has 1 fully saturated rings. The van der Waals surface area contributed by atoms with Gasteiger partial charge in [-0.3, -0.25) is 9.67 Å². The second kappa shape index (κ2) is 20.8. The van der Waals surface area contributed by atoms with Gasteiger partial charge in [0.2, 0.25) is 0 Å². The number of nitrogens with zero attached hydrogens (tertiary/aromatic N) is 4. The Balaban J connectivity index is 0. The topological polar surface area (TPSA) is 51.0 Å². The predicted octanol–water partition coefficient (Wildman–Crippen LogP) is 9.48. The average molecular weight is 535 g/mol. The third-order valence-corrected chi connectivity index (χ3v) is 5.90. The van der Waals surface area contributed by atoms with Gasteiger partial charge in [-0.2, -0.15) is 8.81 Å². The Labute approximate surface area is 222 Å². The third-order valence-electron chi connectivity index (χ3n) is 4.94. The van der Waals surface area contributed by atoms with E-state index in [0.29, 0.717) is 23.6 Å². The number of unbranched alkanes of at least 4 members (excludes halogenated alkanes) is 1. The molecule has 0 radical (unpaired) electrons. The first-order chi connectivity index (χ1) is 16.5. The van der Waals surface area contributed by atoms with Crippen LogP contribution >= 0.6 is 24.7 Å². The van der Waals surface area contributed by atoms with Crippen molar-refractivity contribution >= 4 is 36.8 Å². The van der Waals surface area contributed by atoms with Gasteiger partial charge in [0.05, 0.1) is 6.20 Å². The zero-order chi connectivity index (χ0) is 27.4. The van der Waals surface area contributed by atoms with Gasteiger partial charge in [0.1, 0.15) is 6.29 Å². The molecule has 0 aliphatic heterocycles. The van der Waals surface area contributed by atoms with Crippen LogP contribution < -0.4 is 3.71 Å². The van der Waals surface area contributed by atoms with Gasteiger partial charge in [-0.25, -0.2) is 0 Å². The van der Waals surface area contributed by atoms with Crippen LogP contribution in [-0.2, 0) is 11.8 Å². The number of hydrogen-bond acceptors (Lipinski definition) is 6. The summed E-state index contributed by atoms with van der Waals surface area (Å²) in [5, 5.41) is 4.22. The van der Waals surface area contributed by atoms with E-state index in [1.165, 1.54) is 4.68 Å². The highest BCUT2D eigenvalue weighted by Gasteiger charge is 2.28. The minimum Gasteiger partial charge on any atom is -0.303 e. The number of hydrogen-bond donors (Lipinski definition) is 0. The largest absolute Gasteiger partial charge is 0.303 e. The molecular formula is C26H48F2N4OS2. The van der Waals surface area contributed by atoms with Crippen LogP contribution in [0.3, 0.4) is 0 Å². The second-order valence-electron chi connectivity index (χ2n) is 9.72. The molecule has 0 aromatic carbocycles. The zero-order valence-corrected chi connectivity index (χ0v) is 25.1. The van der Waals surface area contributed by atoms with E-state index >= 15 is 0 Å². The molecule has 0 atom stereocenters. The van der Waals surface area contributed by atoms with Gasteiger partial charge in [0.15, 0.2) is 30.5 Å². The Kier molecular flexibility index (Phi) is 21.3. The van der Waals surface area contributed by atoms with Crippen molar-refractivity contribution in [2.45, 2.75) is 107 Å². The van der Waals surface area contributed by atoms with Crippen molar-refractivity contribution in [1.82, 2.24) is 14.8 Å². The highest BCUT2D eigenvalue weighted by molar-refractivity contribution is 8.13. The Morgan fingerprint density at radius 1 is 1.17 bits per heavy atom. The number of aryl methyl sites for hydroxylation is 2. The van der Waals surface area contributed by atoms with Crippen molar-refractivity contribution < 1.29 is 12.6 Å².